The highest BCUT2D eigenvalue weighted by Gasteiger charge is 2.35. The number of fused-ring (bicyclic) bond motifs is 9. The molecule has 0 atom stereocenters. The molecule has 0 radical (unpaired) electrons. The van der Waals surface area contributed by atoms with E-state index in [0.717, 1.165) is 21.8 Å². The van der Waals surface area contributed by atoms with Gasteiger partial charge in [0, 0.05) is 16.2 Å². The van der Waals surface area contributed by atoms with E-state index in [4.69, 9.17) is 4.37 Å². The van der Waals surface area contributed by atoms with Crippen LogP contribution in [0, 0.1) is 0 Å². The van der Waals surface area contributed by atoms with Gasteiger partial charge in [-0.15, -0.1) is 0 Å². The van der Waals surface area contributed by atoms with E-state index >= 15 is 0 Å². The maximum atomic E-state index is 4.71. The summed E-state index contributed by atoms with van der Waals surface area (Å²) >= 11 is 1.29. The van der Waals surface area contributed by atoms with Crippen LogP contribution in [-0.4, -0.2) is 8.75 Å². The molecule has 0 saturated carbocycles. The van der Waals surface area contributed by atoms with Crippen molar-refractivity contribution in [2.75, 3.05) is 0 Å². The number of benzene rings is 7. The topological polar surface area (TPSA) is 25.8 Å². The maximum absolute atomic E-state index is 4.71. The van der Waals surface area contributed by atoms with Crippen molar-refractivity contribution in [1.29, 1.82) is 0 Å². The molecule has 1 aliphatic rings. The van der Waals surface area contributed by atoms with E-state index in [0.29, 0.717) is 0 Å². The van der Waals surface area contributed by atoms with E-state index in [2.05, 4.69) is 152 Å². The number of rotatable bonds is 3. The minimum Gasteiger partial charge on any atom is -0.172 e. The first-order chi connectivity index (χ1) is 21.6. The summed E-state index contributed by atoms with van der Waals surface area (Å²) in [4.78, 5) is 0. The Morgan fingerprint density at radius 3 is 1.66 bits per heavy atom. The normalized spacial score (nSPS) is 13.4. The molecule has 0 amide bonds. The molecule has 0 saturated heterocycles. The van der Waals surface area contributed by atoms with E-state index in [9.17, 15) is 0 Å². The predicted molar refractivity (Wildman–Crippen MR) is 186 cm³/mol. The molecule has 44 heavy (non-hydrogen) atoms. The lowest BCUT2D eigenvalue weighted by atomic mass is 9.81. The Hall–Kier alpha value is -5.12. The molecular weight excluding hydrogens is 553 g/mol. The number of hydrogen-bond acceptors (Lipinski definition) is 3. The SMILES string of the molecule is CC1(C)c2ccccc2-c2ccc(-c3cccc(-c4cccc(-c5ccc6c7ccccc7c7nsnc7c6c5)c4)c3)cc21. The maximum Gasteiger partial charge on any atom is 0.113 e. The third-order valence-electron chi connectivity index (χ3n) is 9.54. The van der Waals surface area contributed by atoms with Crippen LogP contribution in [0.1, 0.15) is 25.0 Å². The van der Waals surface area contributed by atoms with Gasteiger partial charge in [0.15, 0.2) is 0 Å². The van der Waals surface area contributed by atoms with E-state index in [1.165, 1.54) is 78.1 Å². The summed E-state index contributed by atoms with van der Waals surface area (Å²) in [5.74, 6) is 0. The van der Waals surface area contributed by atoms with Crippen LogP contribution in [0.25, 0.3) is 77.1 Å². The van der Waals surface area contributed by atoms with Gasteiger partial charge in [-0.25, -0.2) is 0 Å². The van der Waals surface area contributed by atoms with Gasteiger partial charge in [0.25, 0.3) is 0 Å². The summed E-state index contributed by atoms with van der Waals surface area (Å²) in [6, 6.07) is 48.9. The fourth-order valence-corrected chi connectivity index (χ4v) is 7.84. The van der Waals surface area contributed by atoms with Gasteiger partial charge in [-0.3, -0.25) is 0 Å². The first-order valence-electron chi connectivity index (χ1n) is 15.1. The molecule has 8 aromatic rings. The van der Waals surface area contributed by atoms with E-state index in [1.54, 1.807) is 0 Å². The molecule has 1 heterocycles. The average Bonchev–Trinajstić information content (AvgIpc) is 3.67. The second kappa shape index (κ2) is 9.44. The second-order valence-corrected chi connectivity index (χ2v) is 12.9. The highest BCUT2D eigenvalue weighted by atomic mass is 32.1. The summed E-state index contributed by atoms with van der Waals surface area (Å²) in [6.45, 7) is 4.68. The van der Waals surface area contributed by atoms with Gasteiger partial charge in [-0.2, -0.15) is 8.75 Å². The molecule has 3 heteroatoms. The lowest BCUT2D eigenvalue weighted by Crippen LogP contribution is -2.14. The monoisotopic (exact) mass is 580 g/mol. The summed E-state index contributed by atoms with van der Waals surface area (Å²) in [5.41, 5.74) is 14.8. The largest absolute Gasteiger partial charge is 0.172 e. The zero-order chi connectivity index (χ0) is 29.4. The third kappa shape index (κ3) is 3.73. The Bertz CT molecular complexity index is 2430. The Balaban J connectivity index is 1.11. The average molecular weight is 581 g/mol. The summed E-state index contributed by atoms with van der Waals surface area (Å²) < 4.78 is 9.36. The van der Waals surface area contributed by atoms with E-state index in [1.807, 2.05) is 0 Å². The molecular formula is C41H28N2S. The van der Waals surface area contributed by atoms with Crippen LogP contribution in [0.3, 0.4) is 0 Å². The van der Waals surface area contributed by atoms with E-state index in [-0.39, 0.29) is 5.41 Å². The summed E-state index contributed by atoms with van der Waals surface area (Å²) in [7, 11) is 0. The van der Waals surface area contributed by atoms with Crippen molar-refractivity contribution in [3.63, 3.8) is 0 Å². The fraction of sp³-hybridized carbons (Fsp3) is 0.0732. The van der Waals surface area contributed by atoms with Gasteiger partial charge < -0.3 is 0 Å². The molecule has 0 spiro atoms. The fourth-order valence-electron chi connectivity index (χ4n) is 7.26. The quantitative estimate of drug-likeness (QED) is 0.194. The van der Waals surface area contributed by atoms with Crippen molar-refractivity contribution in [3.8, 4) is 44.5 Å². The summed E-state index contributed by atoms with van der Waals surface area (Å²) in [6.07, 6.45) is 0. The number of hydrogen-bond donors (Lipinski definition) is 0. The second-order valence-electron chi connectivity index (χ2n) is 12.4. The van der Waals surface area contributed by atoms with Gasteiger partial charge in [0.05, 0.1) is 11.7 Å². The third-order valence-corrected chi connectivity index (χ3v) is 10.1. The standard InChI is InChI=1S/C41H28N2S/c1-41(2)37-16-6-5-14-33(37)34-20-18-30(24-38(34)41)28-12-8-10-26(22-28)25-9-7-11-27(21-25)29-17-19-32-31-13-3-4-15-35(31)39-40(36(32)23-29)43-44-42-39/h3-24H,1-2H3. The van der Waals surface area contributed by atoms with Crippen LogP contribution in [0.2, 0.25) is 0 Å². The molecule has 2 nitrogen and oxygen atoms in total. The molecule has 0 fully saturated rings. The molecule has 9 rings (SSSR count). The zero-order valence-electron chi connectivity index (χ0n) is 24.5. The molecule has 1 aromatic heterocycles. The Morgan fingerprint density at radius 2 is 0.932 bits per heavy atom. The van der Waals surface area contributed by atoms with Gasteiger partial charge in [-0.1, -0.05) is 123 Å². The minimum absolute atomic E-state index is 0.0137. The highest BCUT2D eigenvalue weighted by molar-refractivity contribution is 7.00. The van der Waals surface area contributed by atoms with Crippen LogP contribution in [0.4, 0.5) is 0 Å². The predicted octanol–water partition coefficient (Wildman–Crippen LogP) is 11.3. The molecule has 208 valence electrons. The van der Waals surface area contributed by atoms with Crippen LogP contribution in [0.15, 0.2) is 133 Å². The Labute approximate surface area is 260 Å². The van der Waals surface area contributed by atoms with Crippen molar-refractivity contribution in [1.82, 2.24) is 8.75 Å². The van der Waals surface area contributed by atoms with E-state index < -0.39 is 0 Å². The number of nitrogens with zero attached hydrogens (tertiary/aromatic N) is 2. The van der Waals surface area contributed by atoms with Gasteiger partial charge >= 0.3 is 0 Å². The van der Waals surface area contributed by atoms with Gasteiger partial charge in [-0.05, 0) is 90.7 Å². The van der Waals surface area contributed by atoms with Crippen LogP contribution >= 0.6 is 11.7 Å². The van der Waals surface area contributed by atoms with Crippen LogP contribution in [0.5, 0.6) is 0 Å². The van der Waals surface area contributed by atoms with Gasteiger partial charge in [0.2, 0.25) is 0 Å². The van der Waals surface area contributed by atoms with Gasteiger partial charge in [0.1, 0.15) is 11.0 Å². The smallest absolute Gasteiger partial charge is 0.113 e. The number of aromatic nitrogens is 2. The lowest BCUT2D eigenvalue weighted by molar-refractivity contribution is 0.660. The molecule has 7 aromatic carbocycles. The minimum atomic E-state index is -0.0137. The van der Waals surface area contributed by atoms with Crippen molar-refractivity contribution in [2.45, 2.75) is 19.3 Å². The zero-order valence-corrected chi connectivity index (χ0v) is 25.3. The van der Waals surface area contributed by atoms with Crippen LogP contribution < -0.4 is 0 Å². The Kier molecular flexibility index (Phi) is 5.45. The lowest BCUT2D eigenvalue weighted by Gasteiger charge is -2.22. The van der Waals surface area contributed by atoms with Crippen molar-refractivity contribution >= 4 is 44.3 Å². The molecule has 1 aliphatic carbocycles. The van der Waals surface area contributed by atoms with Crippen molar-refractivity contribution in [2.24, 2.45) is 0 Å². The Morgan fingerprint density at radius 1 is 0.409 bits per heavy atom. The molecule has 0 bridgehead atoms. The molecule has 0 aliphatic heterocycles. The highest BCUT2D eigenvalue weighted by Crippen LogP contribution is 2.49. The first kappa shape index (κ1) is 25.4. The van der Waals surface area contributed by atoms with Crippen molar-refractivity contribution < 1.29 is 0 Å². The summed E-state index contributed by atoms with van der Waals surface area (Å²) in [5, 5.41) is 4.75. The first-order valence-corrected chi connectivity index (χ1v) is 15.8. The van der Waals surface area contributed by atoms with Crippen LogP contribution in [-0.2, 0) is 5.41 Å². The molecule has 0 N–H and O–H groups in total. The van der Waals surface area contributed by atoms with Crippen molar-refractivity contribution in [3.05, 3.63) is 145 Å². The molecule has 0 unspecified atom stereocenters.